The minimum absolute atomic E-state index is 0.204. The number of benzene rings is 3. The van der Waals surface area contributed by atoms with Crippen LogP contribution in [0.25, 0.3) is 10.8 Å². The molecule has 0 unspecified atom stereocenters. The summed E-state index contributed by atoms with van der Waals surface area (Å²) in [5, 5.41) is 5.66. The molecule has 0 saturated heterocycles. The van der Waals surface area contributed by atoms with Gasteiger partial charge in [-0.25, -0.2) is 4.39 Å². The summed E-state index contributed by atoms with van der Waals surface area (Å²) in [6, 6.07) is 18.9. The quantitative estimate of drug-likeness (QED) is 0.621. The normalized spacial score (nSPS) is 11.0. The maximum atomic E-state index is 13.8. The highest BCUT2D eigenvalue weighted by Gasteiger charge is 2.10. The van der Waals surface area contributed by atoms with Crippen LogP contribution in [-0.4, -0.2) is 20.3 Å². The van der Waals surface area contributed by atoms with Gasteiger partial charge in [0.1, 0.15) is 18.2 Å². The van der Waals surface area contributed by atoms with Gasteiger partial charge in [-0.1, -0.05) is 48.5 Å². The fraction of sp³-hybridized carbons (Fsp3) is 0.238. The molecule has 0 spiro atoms. The van der Waals surface area contributed by atoms with Crippen molar-refractivity contribution in [3.05, 3.63) is 77.6 Å². The Morgan fingerprint density at radius 1 is 0.960 bits per heavy atom. The lowest BCUT2D eigenvalue weighted by molar-refractivity contribution is 0.199. The number of halogens is 1. The Hall–Kier alpha value is -2.43. The first-order valence-electron chi connectivity index (χ1n) is 8.36. The zero-order valence-corrected chi connectivity index (χ0v) is 14.3. The molecule has 130 valence electrons. The van der Waals surface area contributed by atoms with Crippen molar-refractivity contribution in [1.82, 2.24) is 5.32 Å². The Bertz CT molecular complexity index is 835. The molecule has 0 bridgehead atoms. The maximum Gasteiger partial charge on any atom is 0.129 e. The lowest BCUT2D eigenvalue weighted by atomic mass is 10.0. The van der Waals surface area contributed by atoms with Gasteiger partial charge in [0.25, 0.3) is 0 Å². The summed E-state index contributed by atoms with van der Waals surface area (Å²) in [5.74, 6) is 0.523. The second-order valence-corrected chi connectivity index (χ2v) is 5.81. The molecule has 0 saturated carbocycles. The Labute approximate surface area is 147 Å². The van der Waals surface area contributed by atoms with Crippen molar-refractivity contribution in [1.29, 1.82) is 0 Å². The minimum atomic E-state index is -0.247. The van der Waals surface area contributed by atoms with E-state index >= 15 is 0 Å². The average molecular weight is 339 g/mol. The van der Waals surface area contributed by atoms with Gasteiger partial charge in [-0.3, -0.25) is 0 Å². The van der Waals surface area contributed by atoms with Crippen molar-refractivity contribution >= 4 is 10.8 Å². The van der Waals surface area contributed by atoms with Crippen LogP contribution < -0.4 is 10.1 Å². The van der Waals surface area contributed by atoms with Gasteiger partial charge in [0.2, 0.25) is 0 Å². The van der Waals surface area contributed by atoms with E-state index in [1.807, 2.05) is 30.3 Å². The second-order valence-electron chi connectivity index (χ2n) is 5.81. The van der Waals surface area contributed by atoms with Crippen molar-refractivity contribution in [2.75, 3.05) is 20.3 Å². The van der Waals surface area contributed by atoms with E-state index in [-0.39, 0.29) is 12.4 Å². The lowest BCUT2D eigenvalue weighted by Crippen LogP contribution is -2.19. The first kappa shape index (κ1) is 17.4. The molecule has 3 aromatic carbocycles. The molecule has 0 amide bonds. The van der Waals surface area contributed by atoms with Crippen LogP contribution in [0.5, 0.6) is 5.75 Å². The van der Waals surface area contributed by atoms with E-state index in [0.717, 1.165) is 28.6 Å². The highest BCUT2D eigenvalue weighted by molar-refractivity contribution is 5.87. The number of hydrogen-bond acceptors (Lipinski definition) is 3. The smallest absolute Gasteiger partial charge is 0.129 e. The number of rotatable bonds is 8. The molecule has 0 fully saturated rings. The van der Waals surface area contributed by atoms with Crippen LogP contribution >= 0.6 is 0 Å². The number of nitrogens with one attached hydrogen (secondary N) is 1. The van der Waals surface area contributed by atoms with Gasteiger partial charge in [0.15, 0.2) is 0 Å². The van der Waals surface area contributed by atoms with Gasteiger partial charge < -0.3 is 14.8 Å². The largest absolute Gasteiger partial charge is 0.488 e. The molecule has 3 rings (SSSR count). The van der Waals surface area contributed by atoms with E-state index in [1.54, 1.807) is 19.2 Å². The fourth-order valence-corrected chi connectivity index (χ4v) is 2.79. The molecular weight excluding hydrogens is 317 g/mol. The van der Waals surface area contributed by atoms with Crippen LogP contribution in [0.1, 0.15) is 11.1 Å². The average Bonchev–Trinajstić information content (AvgIpc) is 2.65. The van der Waals surface area contributed by atoms with Crippen molar-refractivity contribution in [2.45, 2.75) is 13.2 Å². The third kappa shape index (κ3) is 4.35. The summed E-state index contributed by atoms with van der Waals surface area (Å²) in [4.78, 5) is 0. The molecule has 25 heavy (non-hydrogen) atoms. The number of fused-ring (bicyclic) bond motifs is 1. The summed E-state index contributed by atoms with van der Waals surface area (Å²) in [6.07, 6.45) is 0. The van der Waals surface area contributed by atoms with Gasteiger partial charge in [-0.15, -0.1) is 0 Å². The van der Waals surface area contributed by atoms with Gasteiger partial charge in [-0.2, -0.15) is 0 Å². The Balaban J connectivity index is 1.84. The summed E-state index contributed by atoms with van der Waals surface area (Å²) < 4.78 is 24.9. The molecule has 0 heterocycles. The van der Waals surface area contributed by atoms with Crippen LogP contribution in [0, 0.1) is 5.82 Å². The van der Waals surface area contributed by atoms with E-state index < -0.39 is 0 Å². The first-order valence-corrected chi connectivity index (χ1v) is 8.36. The molecule has 0 radical (unpaired) electrons. The van der Waals surface area contributed by atoms with E-state index in [9.17, 15) is 4.39 Å². The molecule has 0 aromatic heterocycles. The zero-order valence-electron chi connectivity index (χ0n) is 14.3. The van der Waals surface area contributed by atoms with Crippen molar-refractivity contribution in [3.63, 3.8) is 0 Å². The molecule has 4 heteroatoms. The monoisotopic (exact) mass is 339 g/mol. The molecule has 1 N–H and O–H groups in total. The van der Waals surface area contributed by atoms with Crippen LogP contribution in [-0.2, 0) is 17.9 Å². The van der Waals surface area contributed by atoms with Crippen molar-refractivity contribution in [3.8, 4) is 5.75 Å². The number of hydrogen-bond donors (Lipinski definition) is 1. The Kier molecular flexibility index (Phi) is 5.99. The highest BCUT2D eigenvalue weighted by Crippen LogP contribution is 2.29. The van der Waals surface area contributed by atoms with Crippen LogP contribution in [0.3, 0.4) is 0 Å². The zero-order chi connectivity index (χ0) is 17.5. The van der Waals surface area contributed by atoms with Crippen molar-refractivity contribution < 1.29 is 13.9 Å². The summed E-state index contributed by atoms with van der Waals surface area (Å²) in [5.41, 5.74) is 1.62. The standard InChI is InChI=1S/C21H22FNO2/c1-24-13-12-23-14-19-18-8-4-2-6-16(18)10-11-21(19)25-15-17-7-3-5-9-20(17)22/h2-11,23H,12-15H2,1H3. The third-order valence-electron chi connectivity index (χ3n) is 4.12. The molecule has 0 aliphatic rings. The molecule has 3 nitrogen and oxygen atoms in total. The minimum Gasteiger partial charge on any atom is -0.488 e. The van der Waals surface area contributed by atoms with Crippen molar-refractivity contribution in [2.24, 2.45) is 0 Å². The molecule has 3 aromatic rings. The first-order chi connectivity index (χ1) is 12.3. The topological polar surface area (TPSA) is 30.5 Å². The van der Waals surface area contributed by atoms with Gasteiger partial charge in [0, 0.05) is 31.3 Å². The number of methoxy groups -OCH3 is 1. The highest BCUT2D eigenvalue weighted by atomic mass is 19.1. The second kappa shape index (κ2) is 8.60. The summed E-state index contributed by atoms with van der Waals surface area (Å²) in [7, 11) is 1.68. The predicted octanol–water partition coefficient (Wildman–Crippen LogP) is 4.29. The van der Waals surface area contributed by atoms with Gasteiger partial charge in [0.05, 0.1) is 6.61 Å². The molecule has 0 aliphatic heterocycles. The molecule has 0 aliphatic carbocycles. The van der Waals surface area contributed by atoms with E-state index in [2.05, 4.69) is 17.4 Å². The fourth-order valence-electron chi connectivity index (χ4n) is 2.79. The van der Waals surface area contributed by atoms with Crippen LogP contribution in [0.4, 0.5) is 4.39 Å². The summed E-state index contributed by atoms with van der Waals surface area (Å²) in [6.45, 7) is 2.27. The summed E-state index contributed by atoms with van der Waals surface area (Å²) >= 11 is 0. The van der Waals surface area contributed by atoms with Crippen LogP contribution in [0.2, 0.25) is 0 Å². The Morgan fingerprint density at radius 3 is 2.60 bits per heavy atom. The third-order valence-corrected chi connectivity index (χ3v) is 4.12. The predicted molar refractivity (Wildman–Crippen MR) is 98.3 cm³/mol. The number of ether oxygens (including phenoxy) is 2. The van der Waals surface area contributed by atoms with E-state index in [4.69, 9.17) is 9.47 Å². The SMILES string of the molecule is COCCNCc1c(OCc2ccccc2F)ccc2ccccc12. The van der Waals surface area contributed by atoms with E-state index in [0.29, 0.717) is 18.7 Å². The van der Waals surface area contributed by atoms with Gasteiger partial charge in [-0.05, 0) is 22.9 Å². The molecular formula is C21H22FNO2. The maximum absolute atomic E-state index is 13.8. The molecule has 0 atom stereocenters. The lowest BCUT2D eigenvalue weighted by Gasteiger charge is -2.15. The van der Waals surface area contributed by atoms with Crippen LogP contribution in [0.15, 0.2) is 60.7 Å². The van der Waals surface area contributed by atoms with E-state index in [1.165, 1.54) is 6.07 Å². The van der Waals surface area contributed by atoms with Gasteiger partial charge >= 0.3 is 0 Å². The Morgan fingerprint density at radius 2 is 1.76 bits per heavy atom.